The fraction of sp³-hybridized carbons (Fsp3) is 0.476. The van der Waals surface area contributed by atoms with E-state index in [1.165, 1.54) is 24.0 Å². The minimum absolute atomic E-state index is 0.451. The van der Waals surface area contributed by atoms with Gasteiger partial charge in [0.1, 0.15) is 5.76 Å². The highest BCUT2D eigenvalue weighted by molar-refractivity contribution is 7.80. The van der Waals surface area contributed by atoms with E-state index in [9.17, 15) is 0 Å². The van der Waals surface area contributed by atoms with Crippen molar-refractivity contribution in [1.29, 1.82) is 0 Å². The van der Waals surface area contributed by atoms with E-state index >= 15 is 0 Å². The highest BCUT2D eigenvalue weighted by Gasteiger charge is 2.41. The Kier molecular flexibility index (Phi) is 5.00. The zero-order valence-electron chi connectivity index (χ0n) is 15.5. The van der Waals surface area contributed by atoms with E-state index in [-0.39, 0.29) is 0 Å². The molecule has 0 aliphatic carbocycles. The molecule has 4 rings (SSSR count). The number of nitrogens with one attached hydrogen (secondary N) is 2. The number of anilines is 1. The maximum Gasteiger partial charge on any atom is 0.170 e. The van der Waals surface area contributed by atoms with Crippen LogP contribution in [0.25, 0.3) is 0 Å². The maximum absolute atomic E-state index is 5.56. The quantitative estimate of drug-likeness (QED) is 0.783. The first-order valence-electron chi connectivity index (χ1n) is 9.51. The Morgan fingerprint density at radius 1 is 1.15 bits per heavy atom. The van der Waals surface area contributed by atoms with Gasteiger partial charge in [0.05, 0.1) is 12.8 Å². The fourth-order valence-electron chi connectivity index (χ4n) is 4.40. The van der Waals surface area contributed by atoms with E-state index in [1.807, 2.05) is 6.07 Å². The molecule has 0 amide bonds. The lowest BCUT2D eigenvalue weighted by atomic mass is 9.97. The van der Waals surface area contributed by atoms with E-state index in [0.29, 0.717) is 18.1 Å². The normalized spacial score (nSPS) is 25.2. The lowest BCUT2D eigenvalue weighted by Crippen LogP contribution is -2.50. The molecule has 2 aliphatic rings. The molecule has 3 atom stereocenters. The molecule has 4 nitrogen and oxygen atoms in total. The third kappa shape index (κ3) is 3.79. The summed E-state index contributed by atoms with van der Waals surface area (Å²) in [4.78, 5) is 2.62. The van der Waals surface area contributed by atoms with Crippen LogP contribution in [-0.2, 0) is 6.54 Å². The molecular weight excluding hydrogens is 342 g/mol. The van der Waals surface area contributed by atoms with E-state index in [4.69, 9.17) is 16.6 Å². The van der Waals surface area contributed by atoms with Crippen LogP contribution in [0.4, 0.5) is 5.69 Å². The Morgan fingerprint density at radius 3 is 2.58 bits per heavy atom. The monoisotopic (exact) mass is 369 g/mol. The predicted octanol–water partition coefficient (Wildman–Crippen LogP) is 4.38. The fourth-order valence-corrected chi connectivity index (χ4v) is 4.69. The molecule has 2 N–H and O–H groups in total. The van der Waals surface area contributed by atoms with Crippen LogP contribution in [0.5, 0.6) is 0 Å². The van der Waals surface area contributed by atoms with Gasteiger partial charge in [0.2, 0.25) is 0 Å². The summed E-state index contributed by atoms with van der Waals surface area (Å²) in [5, 5.41) is 7.63. The standard InChI is InChI=1S/C21H27N3OS/c1-14-5-6-16(10-15(14)2)22-21(26)23-17-11-18-7-8-19(12-17)24(18)13-20-4-3-9-25-20/h3-6,9-10,17-19H,7-8,11-13H2,1-2H3,(H2,22,23,26)/t17?,18-,19+. The van der Waals surface area contributed by atoms with Crippen molar-refractivity contribution < 1.29 is 4.42 Å². The van der Waals surface area contributed by atoms with Gasteiger partial charge in [-0.25, -0.2) is 0 Å². The predicted molar refractivity (Wildman–Crippen MR) is 109 cm³/mol. The Morgan fingerprint density at radius 2 is 1.92 bits per heavy atom. The van der Waals surface area contributed by atoms with Crippen LogP contribution in [0, 0.1) is 13.8 Å². The Hall–Kier alpha value is -1.85. The molecule has 2 aromatic rings. The molecule has 1 unspecified atom stereocenters. The van der Waals surface area contributed by atoms with Crippen LogP contribution in [-0.4, -0.2) is 28.1 Å². The lowest BCUT2D eigenvalue weighted by molar-refractivity contribution is 0.106. The molecule has 0 radical (unpaired) electrons. The highest BCUT2D eigenvalue weighted by atomic mass is 32.1. The molecule has 2 saturated heterocycles. The summed E-state index contributed by atoms with van der Waals surface area (Å²) in [5.74, 6) is 1.07. The summed E-state index contributed by atoms with van der Waals surface area (Å²) in [7, 11) is 0. The molecule has 3 heterocycles. The summed E-state index contributed by atoms with van der Waals surface area (Å²) in [6, 6.07) is 12.1. The average molecular weight is 370 g/mol. The van der Waals surface area contributed by atoms with Gasteiger partial charge in [0.15, 0.2) is 5.11 Å². The number of hydrogen-bond acceptors (Lipinski definition) is 3. The number of aryl methyl sites for hydroxylation is 2. The van der Waals surface area contributed by atoms with E-state index in [0.717, 1.165) is 35.9 Å². The van der Waals surface area contributed by atoms with Crippen LogP contribution in [0.1, 0.15) is 42.6 Å². The molecule has 0 spiro atoms. The number of hydrogen-bond donors (Lipinski definition) is 2. The second kappa shape index (κ2) is 7.41. The van der Waals surface area contributed by atoms with Gasteiger partial charge in [-0.05, 0) is 87.1 Å². The molecule has 1 aromatic carbocycles. The van der Waals surface area contributed by atoms with Crippen molar-refractivity contribution in [3.8, 4) is 0 Å². The smallest absolute Gasteiger partial charge is 0.170 e. The zero-order chi connectivity index (χ0) is 18.1. The molecule has 2 bridgehead atoms. The van der Waals surface area contributed by atoms with Gasteiger partial charge in [0.25, 0.3) is 0 Å². The molecule has 5 heteroatoms. The Bertz CT molecular complexity index is 760. The second-order valence-electron chi connectivity index (χ2n) is 7.70. The molecule has 0 saturated carbocycles. The van der Waals surface area contributed by atoms with Crippen LogP contribution in [0.3, 0.4) is 0 Å². The molecule has 26 heavy (non-hydrogen) atoms. The van der Waals surface area contributed by atoms with E-state index in [1.54, 1.807) is 6.26 Å². The summed E-state index contributed by atoms with van der Waals surface area (Å²) in [6.45, 7) is 5.19. The zero-order valence-corrected chi connectivity index (χ0v) is 16.3. The minimum Gasteiger partial charge on any atom is -0.468 e. The lowest BCUT2D eigenvalue weighted by Gasteiger charge is -2.39. The topological polar surface area (TPSA) is 40.4 Å². The Labute approximate surface area is 161 Å². The third-order valence-corrected chi connectivity index (χ3v) is 6.12. The van der Waals surface area contributed by atoms with Crippen molar-refractivity contribution in [3.05, 3.63) is 53.5 Å². The Balaban J connectivity index is 1.32. The minimum atomic E-state index is 0.451. The van der Waals surface area contributed by atoms with E-state index < -0.39 is 0 Å². The first-order valence-corrected chi connectivity index (χ1v) is 9.92. The van der Waals surface area contributed by atoms with Gasteiger partial charge in [-0.3, -0.25) is 4.90 Å². The van der Waals surface area contributed by atoms with Crippen molar-refractivity contribution in [3.63, 3.8) is 0 Å². The van der Waals surface area contributed by atoms with Crippen LogP contribution >= 0.6 is 12.2 Å². The van der Waals surface area contributed by atoms with Gasteiger partial charge >= 0.3 is 0 Å². The second-order valence-corrected chi connectivity index (χ2v) is 8.11. The maximum atomic E-state index is 5.56. The number of nitrogens with zero attached hydrogens (tertiary/aromatic N) is 1. The summed E-state index contributed by atoms with van der Waals surface area (Å²) in [6.07, 6.45) is 6.61. The van der Waals surface area contributed by atoms with Gasteiger partial charge < -0.3 is 15.1 Å². The summed E-state index contributed by atoms with van der Waals surface area (Å²) in [5.41, 5.74) is 3.64. The SMILES string of the molecule is Cc1ccc(NC(=S)NC2C[C@H]3CC[C@@H](C2)N3Cc2ccco2)cc1C. The highest BCUT2D eigenvalue weighted by Crippen LogP contribution is 2.36. The number of rotatable bonds is 4. The third-order valence-electron chi connectivity index (χ3n) is 5.90. The largest absolute Gasteiger partial charge is 0.468 e. The van der Waals surface area contributed by atoms with Crippen molar-refractivity contribution in [2.75, 3.05) is 5.32 Å². The molecule has 2 fully saturated rings. The summed E-state index contributed by atoms with van der Waals surface area (Å²) < 4.78 is 5.55. The number of thiocarbonyl (C=S) groups is 1. The number of benzene rings is 1. The van der Waals surface area contributed by atoms with Crippen molar-refractivity contribution in [2.24, 2.45) is 0 Å². The molecular formula is C21H27N3OS. The van der Waals surface area contributed by atoms with E-state index in [2.05, 4.69) is 53.6 Å². The van der Waals surface area contributed by atoms with Crippen LogP contribution in [0.2, 0.25) is 0 Å². The number of furan rings is 1. The van der Waals surface area contributed by atoms with Gasteiger partial charge in [-0.2, -0.15) is 0 Å². The summed E-state index contributed by atoms with van der Waals surface area (Å²) >= 11 is 5.56. The van der Waals surface area contributed by atoms with Gasteiger partial charge in [0, 0.05) is 23.8 Å². The van der Waals surface area contributed by atoms with Crippen LogP contribution < -0.4 is 10.6 Å². The van der Waals surface area contributed by atoms with Crippen molar-refractivity contribution >= 4 is 23.0 Å². The average Bonchev–Trinajstić information content (AvgIpc) is 3.18. The first kappa shape index (κ1) is 17.6. The number of fused-ring (bicyclic) bond motifs is 2. The van der Waals surface area contributed by atoms with Crippen LogP contribution in [0.15, 0.2) is 41.0 Å². The molecule has 138 valence electrons. The first-order chi connectivity index (χ1) is 12.6. The van der Waals surface area contributed by atoms with Crippen molar-refractivity contribution in [1.82, 2.24) is 10.2 Å². The molecule has 2 aliphatic heterocycles. The van der Waals surface area contributed by atoms with Gasteiger partial charge in [-0.15, -0.1) is 0 Å². The van der Waals surface area contributed by atoms with Gasteiger partial charge in [-0.1, -0.05) is 6.07 Å². The van der Waals surface area contributed by atoms with Crippen molar-refractivity contribution in [2.45, 2.75) is 64.2 Å². The number of piperidine rings is 1. The molecule has 1 aromatic heterocycles.